The highest BCUT2D eigenvalue weighted by atomic mass is 32.1. The summed E-state index contributed by atoms with van der Waals surface area (Å²) < 4.78 is 0. The summed E-state index contributed by atoms with van der Waals surface area (Å²) in [7, 11) is 0. The van der Waals surface area contributed by atoms with Crippen LogP contribution in [-0.2, 0) is 0 Å². The zero-order valence-electron chi connectivity index (χ0n) is 6.13. The van der Waals surface area contributed by atoms with Crippen molar-refractivity contribution in [3.05, 3.63) is 21.9 Å². The average molecular weight is 154 g/mol. The fourth-order valence-electron chi connectivity index (χ4n) is 0.733. The third-order valence-corrected chi connectivity index (χ3v) is 2.30. The third kappa shape index (κ3) is 1.45. The van der Waals surface area contributed by atoms with Crippen molar-refractivity contribution in [2.24, 2.45) is 0 Å². The minimum absolute atomic E-state index is 0.532. The van der Waals surface area contributed by atoms with Gasteiger partial charge in [0.1, 0.15) is 0 Å². The lowest BCUT2D eigenvalue weighted by atomic mass is 10.1. The van der Waals surface area contributed by atoms with Crippen LogP contribution in [0.4, 0.5) is 0 Å². The number of carbonyl (C=O) groups is 1. The molecule has 54 valence electrons. The van der Waals surface area contributed by atoms with Gasteiger partial charge in [-0.3, -0.25) is 4.79 Å². The van der Waals surface area contributed by atoms with Gasteiger partial charge >= 0.3 is 0 Å². The summed E-state index contributed by atoms with van der Waals surface area (Å²) in [5.41, 5.74) is 1.26. The number of hydrogen-bond donors (Lipinski definition) is 0. The predicted molar refractivity (Wildman–Crippen MR) is 43.8 cm³/mol. The monoisotopic (exact) mass is 154 g/mol. The fraction of sp³-hybridized carbons (Fsp3) is 0.375. The van der Waals surface area contributed by atoms with Gasteiger partial charge in [-0.1, -0.05) is 13.8 Å². The van der Waals surface area contributed by atoms with E-state index in [0.29, 0.717) is 5.92 Å². The highest BCUT2D eigenvalue weighted by molar-refractivity contribution is 7.11. The second-order valence-electron chi connectivity index (χ2n) is 2.55. The molecule has 0 aliphatic rings. The summed E-state index contributed by atoms with van der Waals surface area (Å²) in [5, 5.41) is 2.04. The fourth-order valence-corrected chi connectivity index (χ4v) is 1.60. The molecule has 0 aromatic carbocycles. The molecule has 0 fully saturated rings. The molecule has 0 atom stereocenters. The zero-order chi connectivity index (χ0) is 7.56. The maximum absolute atomic E-state index is 10.3. The van der Waals surface area contributed by atoms with Crippen LogP contribution in [-0.4, -0.2) is 6.29 Å². The summed E-state index contributed by atoms with van der Waals surface area (Å²) in [6.45, 7) is 4.24. The van der Waals surface area contributed by atoms with Crippen LogP contribution >= 0.6 is 11.3 Å². The van der Waals surface area contributed by atoms with Gasteiger partial charge < -0.3 is 0 Å². The van der Waals surface area contributed by atoms with E-state index >= 15 is 0 Å². The predicted octanol–water partition coefficient (Wildman–Crippen LogP) is 2.68. The van der Waals surface area contributed by atoms with Gasteiger partial charge in [0.2, 0.25) is 0 Å². The van der Waals surface area contributed by atoms with Crippen LogP contribution in [0, 0.1) is 0 Å². The van der Waals surface area contributed by atoms with Crippen molar-refractivity contribution in [2.75, 3.05) is 0 Å². The Morgan fingerprint density at radius 3 is 2.60 bits per heavy atom. The van der Waals surface area contributed by atoms with Crippen LogP contribution in [0.25, 0.3) is 0 Å². The van der Waals surface area contributed by atoms with Crippen molar-refractivity contribution in [2.45, 2.75) is 19.8 Å². The number of carbonyl (C=O) groups excluding carboxylic acids is 1. The quantitative estimate of drug-likeness (QED) is 0.598. The van der Waals surface area contributed by atoms with Crippen LogP contribution in [0.3, 0.4) is 0 Å². The Kier molecular flexibility index (Phi) is 2.22. The van der Waals surface area contributed by atoms with Gasteiger partial charge in [0.25, 0.3) is 0 Å². The van der Waals surface area contributed by atoms with E-state index in [4.69, 9.17) is 0 Å². The number of aldehydes is 1. The van der Waals surface area contributed by atoms with E-state index in [0.717, 1.165) is 11.2 Å². The Balaban J connectivity index is 2.88. The van der Waals surface area contributed by atoms with E-state index in [9.17, 15) is 4.79 Å². The molecule has 1 rings (SSSR count). The number of thiophene rings is 1. The molecule has 0 saturated heterocycles. The Bertz CT molecular complexity index is 225. The van der Waals surface area contributed by atoms with Gasteiger partial charge in [0.15, 0.2) is 6.29 Å². The maximum atomic E-state index is 10.3. The van der Waals surface area contributed by atoms with Gasteiger partial charge in [-0.25, -0.2) is 0 Å². The lowest BCUT2D eigenvalue weighted by Crippen LogP contribution is -1.80. The summed E-state index contributed by atoms with van der Waals surface area (Å²) >= 11 is 1.51. The molecule has 0 bridgehead atoms. The topological polar surface area (TPSA) is 17.1 Å². The Morgan fingerprint density at radius 1 is 1.60 bits per heavy atom. The van der Waals surface area contributed by atoms with Crippen LogP contribution in [0.5, 0.6) is 0 Å². The normalized spacial score (nSPS) is 10.3. The first-order valence-corrected chi connectivity index (χ1v) is 4.15. The molecule has 1 nitrogen and oxygen atoms in total. The summed E-state index contributed by atoms with van der Waals surface area (Å²) in [4.78, 5) is 11.1. The molecule has 0 saturated carbocycles. The SMILES string of the molecule is CC(C)c1csc(C=O)c1. The Labute approximate surface area is 64.7 Å². The van der Waals surface area contributed by atoms with Gasteiger partial charge in [0.05, 0.1) is 4.88 Å². The first kappa shape index (κ1) is 7.48. The van der Waals surface area contributed by atoms with Crippen LogP contribution in [0.15, 0.2) is 11.4 Å². The summed E-state index contributed by atoms with van der Waals surface area (Å²) in [6.07, 6.45) is 0.899. The van der Waals surface area contributed by atoms with Crippen molar-refractivity contribution in [3.8, 4) is 0 Å². The molecule has 2 heteroatoms. The van der Waals surface area contributed by atoms with Crippen molar-refractivity contribution in [1.82, 2.24) is 0 Å². The highest BCUT2D eigenvalue weighted by Gasteiger charge is 2.01. The zero-order valence-corrected chi connectivity index (χ0v) is 6.94. The van der Waals surface area contributed by atoms with E-state index in [1.165, 1.54) is 16.9 Å². The molecule has 10 heavy (non-hydrogen) atoms. The van der Waals surface area contributed by atoms with Gasteiger partial charge in [0, 0.05) is 0 Å². The molecule has 0 radical (unpaired) electrons. The van der Waals surface area contributed by atoms with Crippen LogP contribution in [0.1, 0.15) is 35.0 Å². The molecule has 0 aliphatic carbocycles. The van der Waals surface area contributed by atoms with E-state index in [1.807, 2.05) is 11.4 Å². The molecular weight excluding hydrogens is 144 g/mol. The average Bonchev–Trinajstić information content (AvgIpc) is 2.34. The molecular formula is C8H10OS. The molecule has 1 aromatic rings. The lowest BCUT2D eigenvalue weighted by molar-refractivity contribution is 0.112. The number of rotatable bonds is 2. The first-order chi connectivity index (χ1) is 4.74. The molecule has 0 spiro atoms. The second kappa shape index (κ2) is 2.97. The molecule has 0 amide bonds. The molecule has 0 unspecified atom stereocenters. The minimum Gasteiger partial charge on any atom is -0.297 e. The summed E-state index contributed by atoms with van der Waals surface area (Å²) in [6, 6.07) is 1.95. The van der Waals surface area contributed by atoms with Crippen molar-refractivity contribution in [1.29, 1.82) is 0 Å². The Morgan fingerprint density at radius 2 is 2.30 bits per heavy atom. The van der Waals surface area contributed by atoms with Gasteiger partial charge in [-0.2, -0.15) is 0 Å². The maximum Gasteiger partial charge on any atom is 0.160 e. The van der Waals surface area contributed by atoms with Gasteiger partial charge in [-0.05, 0) is 22.9 Å². The lowest BCUT2D eigenvalue weighted by Gasteiger charge is -1.96. The molecule has 1 heterocycles. The summed E-state index contributed by atoms with van der Waals surface area (Å²) in [5.74, 6) is 0.532. The highest BCUT2D eigenvalue weighted by Crippen LogP contribution is 2.20. The smallest absolute Gasteiger partial charge is 0.160 e. The minimum atomic E-state index is 0.532. The first-order valence-electron chi connectivity index (χ1n) is 3.27. The van der Waals surface area contributed by atoms with Crippen molar-refractivity contribution < 1.29 is 4.79 Å². The molecule has 0 aliphatic heterocycles. The van der Waals surface area contributed by atoms with Crippen molar-refractivity contribution in [3.63, 3.8) is 0 Å². The van der Waals surface area contributed by atoms with Crippen molar-refractivity contribution >= 4 is 17.6 Å². The second-order valence-corrected chi connectivity index (χ2v) is 3.50. The van der Waals surface area contributed by atoms with Crippen LogP contribution < -0.4 is 0 Å². The van der Waals surface area contributed by atoms with Gasteiger partial charge in [-0.15, -0.1) is 11.3 Å². The standard InChI is InChI=1S/C8H10OS/c1-6(2)7-3-8(4-9)10-5-7/h3-6H,1-2H3. The number of hydrogen-bond acceptors (Lipinski definition) is 2. The third-order valence-electron chi connectivity index (χ3n) is 1.42. The molecule has 0 N–H and O–H groups in total. The van der Waals surface area contributed by atoms with E-state index in [2.05, 4.69) is 13.8 Å². The van der Waals surface area contributed by atoms with E-state index < -0.39 is 0 Å². The van der Waals surface area contributed by atoms with E-state index in [1.54, 1.807) is 0 Å². The van der Waals surface area contributed by atoms with Crippen LogP contribution in [0.2, 0.25) is 0 Å². The van der Waals surface area contributed by atoms with E-state index in [-0.39, 0.29) is 0 Å². The largest absolute Gasteiger partial charge is 0.297 e. The Hall–Kier alpha value is -0.630. The molecule has 1 aromatic heterocycles.